The van der Waals surface area contributed by atoms with Crippen molar-refractivity contribution in [1.29, 1.82) is 0 Å². The van der Waals surface area contributed by atoms with Crippen LogP contribution in [0.3, 0.4) is 0 Å². The van der Waals surface area contributed by atoms with Crippen molar-refractivity contribution in [3.8, 4) is 0 Å². The zero-order valence-electron chi connectivity index (χ0n) is 9.35. The average Bonchev–Trinajstić information content (AvgIpc) is 2.78. The maximum absolute atomic E-state index is 6.13. The minimum absolute atomic E-state index is 0.640. The molecule has 2 aromatic carbocycles. The van der Waals surface area contributed by atoms with Crippen LogP contribution in [0.25, 0.3) is 10.9 Å². The molecule has 0 aliphatic heterocycles. The molecule has 90 valence electrons. The summed E-state index contributed by atoms with van der Waals surface area (Å²) >= 11 is 7.54. The molecule has 3 N–H and O–H groups in total. The fourth-order valence-corrected chi connectivity index (χ4v) is 2.68. The van der Waals surface area contributed by atoms with E-state index in [-0.39, 0.29) is 0 Å². The summed E-state index contributed by atoms with van der Waals surface area (Å²) in [5.41, 5.74) is 8.21. The minimum Gasteiger partial charge on any atom is -0.399 e. The van der Waals surface area contributed by atoms with E-state index in [2.05, 4.69) is 9.69 Å². The van der Waals surface area contributed by atoms with Gasteiger partial charge >= 0.3 is 0 Å². The maximum atomic E-state index is 6.13. The molecule has 1 aromatic heterocycles. The van der Waals surface area contributed by atoms with Gasteiger partial charge in [0.1, 0.15) is 5.00 Å². The number of benzene rings is 2. The molecule has 0 fully saturated rings. The van der Waals surface area contributed by atoms with Gasteiger partial charge in [-0.15, -0.1) is 0 Å². The molecule has 0 radical (unpaired) electrons. The SMILES string of the molecule is Nc1ccc(Cl)c(Nc2snc3ccccc23)c1. The Morgan fingerprint density at radius 2 is 2.00 bits per heavy atom. The van der Waals surface area contributed by atoms with Crippen molar-refractivity contribution in [2.24, 2.45) is 0 Å². The summed E-state index contributed by atoms with van der Waals surface area (Å²) in [7, 11) is 0. The number of nitrogen functional groups attached to an aromatic ring is 1. The Kier molecular flexibility index (Phi) is 2.81. The Hall–Kier alpha value is -1.78. The number of hydrogen-bond acceptors (Lipinski definition) is 4. The van der Waals surface area contributed by atoms with Gasteiger partial charge in [-0.25, -0.2) is 0 Å². The number of rotatable bonds is 2. The van der Waals surface area contributed by atoms with Crippen molar-refractivity contribution in [3.05, 3.63) is 47.5 Å². The first-order chi connectivity index (χ1) is 8.74. The van der Waals surface area contributed by atoms with Gasteiger partial charge in [-0.3, -0.25) is 0 Å². The molecule has 0 aliphatic rings. The van der Waals surface area contributed by atoms with Crippen LogP contribution in [-0.4, -0.2) is 4.37 Å². The van der Waals surface area contributed by atoms with Crippen LogP contribution in [0.2, 0.25) is 5.02 Å². The van der Waals surface area contributed by atoms with Gasteiger partial charge < -0.3 is 11.1 Å². The smallest absolute Gasteiger partial charge is 0.121 e. The summed E-state index contributed by atoms with van der Waals surface area (Å²) in [5, 5.41) is 5.98. The van der Waals surface area contributed by atoms with E-state index in [4.69, 9.17) is 17.3 Å². The Bertz CT molecular complexity index is 708. The quantitative estimate of drug-likeness (QED) is 0.687. The Morgan fingerprint density at radius 3 is 2.89 bits per heavy atom. The van der Waals surface area contributed by atoms with E-state index in [1.807, 2.05) is 30.3 Å². The van der Waals surface area contributed by atoms with Crippen molar-refractivity contribution >= 4 is 50.4 Å². The molecule has 1 heterocycles. The highest BCUT2D eigenvalue weighted by Crippen LogP contribution is 2.33. The highest BCUT2D eigenvalue weighted by Gasteiger charge is 2.07. The summed E-state index contributed by atoms with van der Waals surface area (Å²) in [6.45, 7) is 0. The fourth-order valence-electron chi connectivity index (χ4n) is 1.74. The second kappa shape index (κ2) is 4.48. The third kappa shape index (κ3) is 2.00. The second-order valence-electron chi connectivity index (χ2n) is 3.89. The van der Waals surface area contributed by atoms with E-state index in [0.29, 0.717) is 10.7 Å². The van der Waals surface area contributed by atoms with E-state index in [1.165, 1.54) is 11.5 Å². The Labute approximate surface area is 113 Å². The van der Waals surface area contributed by atoms with Crippen LogP contribution in [0, 0.1) is 0 Å². The minimum atomic E-state index is 0.640. The molecule has 5 heteroatoms. The molecule has 3 aromatic rings. The second-order valence-corrected chi connectivity index (χ2v) is 5.07. The van der Waals surface area contributed by atoms with Crippen LogP contribution in [0.1, 0.15) is 0 Å². The number of aromatic nitrogens is 1. The summed E-state index contributed by atoms with van der Waals surface area (Å²) < 4.78 is 4.37. The number of nitrogens with zero attached hydrogens (tertiary/aromatic N) is 1. The Morgan fingerprint density at radius 1 is 1.17 bits per heavy atom. The van der Waals surface area contributed by atoms with Crippen molar-refractivity contribution < 1.29 is 0 Å². The molecule has 3 rings (SSSR count). The molecule has 3 nitrogen and oxygen atoms in total. The lowest BCUT2D eigenvalue weighted by Crippen LogP contribution is -1.91. The van der Waals surface area contributed by atoms with Gasteiger partial charge in [-0.05, 0) is 41.9 Å². The molecule has 0 spiro atoms. The van der Waals surface area contributed by atoms with Gasteiger partial charge in [0.25, 0.3) is 0 Å². The molecule has 0 atom stereocenters. The summed E-state index contributed by atoms with van der Waals surface area (Å²) in [5.74, 6) is 0. The lowest BCUT2D eigenvalue weighted by molar-refractivity contribution is 1.61. The predicted octanol–water partition coefficient (Wildman–Crippen LogP) is 4.28. The number of nitrogens with one attached hydrogen (secondary N) is 1. The summed E-state index contributed by atoms with van der Waals surface area (Å²) in [4.78, 5) is 0. The molecular weight excluding hydrogens is 266 g/mol. The van der Waals surface area contributed by atoms with Gasteiger partial charge in [0.2, 0.25) is 0 Å². The van der Waals surface area contributed by atoms with Crippen molar-refractivity contribution in [2.75, 3.05) is 11.1 Å². The number of hydrogen-bond donors (Lipinski definition) is 2. The van der Waals surface area contributed by atoms with Crippen LogP contribution in [0.15, 0.2) is 42.5 Å². The number of anilines is 3. The van der Waals surface area contributed by atoms with Crippen molar-refractivity contribution in [2.45, 2.75) is 0 Å². The zero-order chi connectivity index (χ0) is 12.5. The molecule has 18 heavy (non-hydrogen) atoms. The van der Waals surface area contributed by atoms with E-state index in [1.54, 1.807) is 12.1 Å². The summed E-state index contributed by atoms with van der Waals surface area (Å²) in [6, 6.07) is 13.3. The molecule has 0 saturated heterocycles. The predicted molar refractivity (Wildman–Crippen MR) is 78.8 cm³/mol. The number of nitrogens with two attached hydrogens (primary N) is 1. The average molecular weight is 276 g/mol. The van der Waals surface area contributed by atoms with Crippen molar-refractivity contribution in [3.63, 3.8) is 0 Å². The van der Waals surface area contributed by atoms with Crippen LogP contribution < -0.4 is 11.1 Å². The molecule has 0 bridgehead atoms. The monoisotopic (exact) mass is 275 g/mol. The van der Waals surface area contributed by atoms with E-state index >= 15 is 0 Å². The summed E-state index contributed by atoms with van der Waals surface area (Å²) in [6.07, 6.45) is 0. The van der Waals surface area contributed by atoms with Gasteiger partial charge in [0.15, 0.2) is 0 Å². The third-order valence-electron chi connectivity index (χ3n) is 2.62. The lowest BCUT2D eigenvalue weighted by Gasteiger charge is -2.07. The molecule has 0 saturated carbocycles. The molecule has 0 amide bonds. The van der Waals surface area contributed by atoms with Gasteiger partial charge in [-0.1, -0.05) is 23.7 Å². The van der Waals surface area contributed by atoms with Crippen molar-refractivity contribution in [1.82, 2.24) is 4.37 Å². The standard InChI is InChI=1S/C13H10ClN3S/c14-10-6-5-8(15)7-12(10)16-13-9-3-1-2-4-11(9)17-18-13/h1-7,16H,15H2. The van der Waals surface area contributed by atoms with Crippen LogP contribution >= 0.6 is 23.1 Å². The van der Waals surface area contributed by atoms with Crippen LogP contribution in [0.5, 0.6) is 0 Å². The Balaban J connectivity index is 2.04. The van der Waals surface area contributed by atoms with E-state index in [9.17, 15) is 0 Å². The first-order valence-corrected chi connectivity index (χ1v) is 6.55. The largest absolute Gasteiger partial charge is 0.399 e. The highest BCUT2D eigenvalue weighted by molar-refractivity contribution is 7.11. The molecular formula is C13H10ClN3S. The van der Waals surface area contributed by atoms with Gasteiger partial charge in [0.05, 0.1) is 16.2 Å². The third-order valence-corrected chi connectivity index (χ3v) is 3.74. The van der Waals surface area contributed by atoms with Crippen LogP contribution in [-0.2, 0) is 0 Å². The van der Waals surface area contributed by atoms with E-state index < -0.39 is 0 Å². The number of halogens is 1. The normalized spacial score (nSPS) is 10.7. The first kappa shape index (κ1) is 11.3. The zero-order valence-corrected chi connectivity index (χ0v) is 10.9. The van der Waals surface area contributed by atoms with E-state index in [0.717, 1.165) is 21.6 Å². The molecule has 0 unspecified atom stereocenters. The topological polar surface area (TPSA) is 50.9 Å². The van der Waals surface area contributed by atoms with Crippen LogP contribution in [0.4, 0.5) is 16.4 Å². The highest BCUT2D eigenvalue weighted by atomic mass is 35.5. The van der Waals surface area contributed by atoms with Gasteiger partial charge in [0, 0.05) is 11.1 Å². The number of fused-ring (bicyclic) bond motifs is 1. The molecule has 0 aliphatic carbocycles. The van der Waals surface area contributed by atoms with Gasteiger partial charge in [-0.2, -0.15) is 4.37 Å². The maximum Gasteiger partial charge on any atom is 0.121 e. The fraction of sp³-hybridized carbons (Fsp3) is 0. The lowest BCUT2D eigenvalue weighted by atomic mass is 10.2. The first-order valence-electron chi connectivity index (χ1n) is 5.40.